The normalized spacial score (nSPS) is 11.8. The molecule has 0 atom stereocenters. The van der Waals surface area contributed by atoms with Gasteiger partial charge in [0.1, 0.15) is 0 Å². The summed E-state index contributed by atoms with van der Waals surface area (Å²) in [6.07, 6.45) is 1.77. The summed E-state index contributed by atoms with van der Waals surface area (Å²) >= 11 is 0. The molecule has 0 bridgehead atoms. The van der Waals surface area contributed by atoms with Crippen LogP contribution in [0.3, 0.4) is 0 Å². The molecule has 0 unspecified atom stereocenters. The SMILES string of the molecule is CCc1cccc(CC)c1NC(=O)c1cc(C(C)C)n(C(C)(C)C)n1. The molecule has 0 saturated heterocycles. The van der Waals surface area contributed by atoms with Crippen LogP contribution in [0.25, 0.3) is 0 Å². The summed E-state index contributed by atoms with van der Waals surface area (Å²) in [6, 6.07) is 8.12. The topological polar surface area (TPSA) is 46.9 Å². The molecule has 136 valence electrons. The third-order valence-corrected chi connectivity index (χ3v) is 4.43. The number of nitrogens with one attached hydrogen (secondary N) is 1. The molecule has 1 aromatic heterocycles. The Labute approximate surface area is 151 Å². The number of aryl methyl sites for hydroxylation is 2. The minimum atomic E-state index is -0.159. The molecule has 0 fully saturated rings. The Morgan fingerprint density at radius 3 is 2.12 bits per heavy atom. The van der Waals surface area contributed by atoms with Crippen LogP contribution < -0.4 is 5.32 Å². The lowest BCUT2D eigenvalue weighted by atomic mass is 10.0. The molecular weight excluding hydrogens is 310 g/mol. The van der Waals surface area contributed by atoms with E-state index in [1.54, 1.807) is 0 Å². The van der Waals surface area contributed by atoms with Crippen molar-refractivity contribution in [1.82, 2.24) is 9.78 Å². The number of benzene rings is 1. The summed E-state index contributed by atoms with van der Waals surface area (Å²) in [5.41, 5.74) is 4.66. The van der Waals surface area contributed by atoms with Gasteiger partial charge in [0.2, 0.25) is 0 Å². The summed E-state index contributed by atoms with van der Waals surface area (Å²) in [7, 11) is 0. The van der Waals surface area contributed by atoms with Crippen molar-refractivity contribution in [3.8, 4) is 0 Å². The van der Waals surface area contributed by atoms with Crippen molar-refractivity contribution in [2.75, 3.05) is 5.32 Å². The lowest BCUT2D eigenvalue weighted by molar-refractivity contribution is 0.102. The monoisotopic (exact) mass is 341 g/mol. The quantitative estimate of drug-likeness (QED) is 0.818. The van der Waals surface area contributed by atoms with Crippen molar-refractivity contribution in [1.29, 1.82) is 0 Å². The van der Waals surface area contributed by atoms with Gasteiger partial charge in [0.15, 0.2) is 5.69 Å². The van der Waals surface area contributed by atoms with Crippen LogP contribution in [0.15, 0.2) is 24.3 Å². The Hall–Kier alpha value is -2.10. The van der Waals surface area contributed by atoms with Crippen LogP contribution in [0.1, 0.15) is 81.7 Å². The number of aromatic nitrogens is 2. The first-order chi connectivity index (χ1) is 11.7. The van der Waals surface area contributed by atoms with Crippen LogP contribution in [0.4, 0.5) is 5.69 Å². The fourth-order valence-electron chi connectivity index (χ4n) is 3.04. The van der Waals surface area contributed by atoms with Gasteiger partial charge >= 0.3 is 0 Å². The molecule has 2 rings (SSSR count). The third kappa shape index (κ3) is 4.12. The Kier molecular flexibility index (Phi) is 5.71. The van der Waals surface area contributed by atoms with Gasteiger partial charge < -0.3 is 5.32 Å². The predicted molar refractivity (Wildman–Crippen MR) is 104 cm³/mol. The zero-order valence-corrected chi connectivity index (χ0v) is 16.6. The molecule has 1 heterocycles. The molecule has 0 saturated carbocycles. The number of rotatable bonds is 5. The Morgan fingerprint density at radius 1 is 1.16 bits per heavy atom. The number of para-hydroxylation sites is 1. The number of anilines is 1. The first kappa shape index (κ1) is 19.2. The average molecular weight is 341 g/mol. The van der Waals surface area contributed by atoms with E-state index in [2.05, 4.69) is 77.1 Å². The molecular formula is C21H31N3O. The van der Waals surface area contributed by atoms with Gasteiger partial charge in [-0.25, -0.2) is 0 Å². The van der Waals surface area contributed by atoms with Crippen molar-refractivity contribution >= 4 is 11.6 Å². The van der Waals surface area contributed by atoms with E-state index in [4.69, 9.17) is 0 Å². The van der Waals surface area contributed by atoms with E-state index in [1.807, 2.05) is 10.7 Å². The van der Waals surface area contributed by atoms with Crippen molar-refractivity contribution in [2.45, 2.75) is 72.8 Å². The van der Waals surface area contributed by atoms with Crippen LogP contribution in [0.2, 0.25) is 0 Å². The maximum atomic E-state index is 12.9. The summed E-state index contributed by atoms with van der Waals surface area (Å²) in [4.78, 5) is 12.9. The average Bonchev–Trinajstić information content (AvgIpc) is 3.01. The molecule has 25 heavy (non-hydrogen) atoms. The smallest absolute Gasteiger partial charge is 0.276 e. The second-order valence-electron chi connectivity index (χ2n) is 7.80. The maximum absolute atomic E-state index is 12.9. The van der Waals surface area contributed by atoms with E-state index in [9.17, 15) is 4.79 Å². The minimum Gasteiger partial charge on any atom is -0.320 e. The van der Waals surface area contributed by atoms with Crippen molar-refractivity contribution in [3.63, 3.8) is 0 Å². The minimum absolute atomic E-state index is 0.138. The van der Waals surface area contributed by atoms with E-state index in [1.165, 1.54) is 0 Å². The molecule has 0 aliphatic rings. The van der Waals surface area contributed by atoms with Gasteiger partial charge in [-0.15, -0.1) is 0 Å². The number of amides is 1. The predicted octanol–water partition coefficient (Wildman–Crippen LogP) is 5.14. The molecule has 0 spiro atoms. The lowest BCUT2D eigenvalue weighted by Crippen LogP contribution is -2.26. The summed E-state index contributed by atoms with van der Waals surface area (Å²) in [5.74, 6) is 0.169. The Bertz CT molecular complexity index is 729. The van der Waals surface area contributed by atoms with E-state index < -0.39 is 0 Å². The van der Waals surface area contributed by atoms with E-state index in [0.717, 1.165) is 35.3 Å². The standard InChI is InChI=1S/C21H31N3O/c1-8-15-11-10-12-16(9-2)19(15)22-20(25)17-13-18(14(3)4)24(23-17)21(5,6)7/h10-14H,8-9H2,1-7H3,(H,22,25). The lowest BCUT2D eigenvalue weighted by Gasteiger charge is -2.23. The molecule has 1 aromatic carbocycles. The molecule has 0 aliphatic carbocycles. The fraction of sp³-hybridized carbons (Fsp3) is 0.524. The van der Waals surface area contributed by atoms with Crippen molar-refractivity contribution < 1.29 is 4.79 Å². The van der Waals surface area contributed by atoms with Gasteiger partial charge in [-0.1, -0.05) is 45.9 Å². The molecule has 1 N–H and O–H groups in total. The number of hydrogen-bond donors (Lipinski definition) is 1. The third-order valence-electron chi connectivity index (χ3n) is 4.43. The van der Waals surface area contributed by atoms with Crippen molar-refractivity contribution in [3.05, 3.63) is 46.8 Å². The summed E-state index contributed by atoms with van der Waals surface area (Å²) in [5, 5.41) is 7.73. The van der Waals surface area contributed by atoms with Crippen LogP contribution in [-0.2, 0) is 18.4 Å². The highest BCUT2D eigenvalue weighted by atomic mass is 16.2. The van der Waals surface area contributed by atoms with Crippen LogP contribution in [-0.4, -0.2) is 15.7 Å². The summed E-state index contributed by atoms with van der Waals surface area (Å²) < 4.78 is 1.97. The Morgan fingerprint density at radius 2 is 1.72 bits per heavy atom. The molecule has 2 aromatic rings. The largest absolute Gasteiger partial charge is 0.320 e. The van der Waals surface area contributed by atoms with Gasteiger partial charge in [0, 0.05) is 11.4 Å². The first-order valence-electron chi connectivity index (χ1n) is 9.21. The second kappa shape index (κ2) is 7.42. The molecule has 0 aliphatic heterocycles. The second-order valence-corrected chi connectivity index (χ2v) is 7.80. The van der Waals surface area contributed by atoms with Gasteiger partial charge in [-0.3, -0.25) is 9.48 Å². The fourth-order valence-corrected chi connectivity index (χ4v) is 3.04. The van der Waals surface area contributed by atoms with Crippen LogP contribution >= 0.6 is 0 Å². The van der Waals surface area contributed by atoms with E-state index in [-0.39, 0.29) is 11.4 Å². The van der Waals surface area contributed by atoms with Crippen LogP contribution in [0.5, 0.6) is 0 Å². The van der Waals surface area contributed by atoms with Gasteiger partial charge in [-0.05, 0) is 56.7 Å². The summed E-state index contributed by atoms with van der Waals surface area (Å²) in [6.45, 7) is 14.8. The molecule has 1 amide bonds. The maximum Gasteiger partial charge on any atom is 0.276 e. The van der Waals surface area contributed by atoms with Gasteiger partial charge in [0.05, 0.1) is 5.54 Å². The molecule has 4 nitrogen and oxygen atoms in total. The number of carbonyl (C=O) groups is 1. The zero-order valence-electron chi connectivity index (χ0n) is 16.6. The van der Waals surface area contributed by atoms with Gasteiger partial charge in [-0.2, -0.15) is 5.10 Å². The van der Waals surface area contributed by atoms with E-state index >= 15 is 0 Å². The number of hydrogen-bond acceptors (Lipinski definition) is 2. The number of carbonyl (C=O) groups excluding carboxylic acids is 1. The van der Waals surface area contributed by atoms with Gasteiger partial charge in [0.25, 0.3) is 5.91 Å². The highest BCUT2D eigenvalue weighted by Gasteiger charge is 2.24. The Balaban J connectivity index is 2.40. The first-order valence-corrected chi connectivity index (χ1v) is 9.21. The highest BCUT2D eigenvalue weighted by Crippen LogP contribution is 2.26. The van der Waals surface area contributed by atoms with Crippen LogP contribution in [0, 0.1) is 0 Å². The highest BCUT2D eigenvalue weighted by molar-refractivity contribution is 6.03. The molecule has 0 radical (unpaired) electrons. The zero-order chi connectivity index (χ0) is 18.8. The molecule has 4 heteroatoms. The van der Waals surface area contributed by atoms with Crippen molar-refractivity contribution in [2.24, 2.45) is 0 Å². The number of nitrogens with zero attached hydrogens (tertiary/aromatic N) is 2. The van der Waals surface area contributed by atoms with E-state index in [0.29, 0.717) is 11.6 Å².